The minimum atomic E-state index is -3.49. The van der Waals surface area contributed by atoms with Crippen LogP contribution in [0.1, 0.15) is 0 Å². The molecule has 1 aromatic carbocycles. The molecule has 0 saturated carbocycles. The first kappa shape index (κ1) is 13.3. The Morgan fingerprint density at radius 1 is 1.31 bits per heavy atom. The second kappa shape index (κ2) is 6.09. The highest BCUT2D eigenvalue weighted by molar-refractivity contribution is 7.89. The maximum atomic E-state index is 11.7. The first-order valence-corrected chi connectivity index (χ1v) is 6.61. The smallest absolute Gasteiger partial charge is 0.207 e. The lowest BCUT2D eigenvalue weighted by Gasteiger charge is -2.03. The van der Waals surface area contributed by atoms with Crippen molar-refractivity contribution in [2.24, 2.45) is 0 Å². The highest BCUT2D eigenvalue weighted by atomic mass is 35.5. The number of benzene rings is 1. The summed E-state index contributed by atoms with van der Waals surface area (Å²) in [7, 11) is -3.49. The molecule has 0 aliphatic heterocycles. The molecule has 1 rings (SSSR count). The van der Waals surface area contributed by atoms with Crippen LogP contribution in [0, 0.1) is 0 Å². The molecule has 0 fully saturated rings. The molecule has 0 atom stereocenters. The highest BCUT2D eigenvalue weighted by Crippen LogP contribution is 2.13. The summed E-state index contributed by atoms with van der Waals surface area (Å²) in [4.78, 5) is 0.167. The molecular weight excluding hydrogens is 269 g/mol. The van der Waals surface area contributed by atoms with Gasteiger partial charge in [0.25, 0.3) is 0 Å². The average Bonchev–Trinajstić information content (AvgIpc) is 2.25. The van der Waals surface area contributed by atoms with Crippen LogP contribution in [0.5, 0.6) is 0 Å². The van der Waals surface area contributed by atoms with Crippen molar-refractivity contribution < 1.29 is 8.42 Å². The minimum Gasteiger partial charge on any atom is -0.207 e. The Bertz CT molecular complexity index is 502. The normalized spacial score (nSPS) is 10.6. The van der Waals surface area contributed by atoms with E-state index >= 15 is 0 Å². The van der Waals surface area contributed by atoms with Gasteiger partial charge in [-0.25, -0.2) is 13.1 Å². The van der Waals surface area contributed by atoms with Crippen LogP contribution in [0.25, 0.3) is 0 Å². The summed E-state index contributed by atoms with van der Waals surface area (Å²) < 4.78 is 25.7. The largest absolute Gasteiger partial charge is 0.240 e. The molecule has 0 aliphatic rings. The number of hydrogen-bond acceptors (Lipinski definition) is 2. The summed E-state index contributed by atoms with van der Waals surface area (Å²) in [5.74, 6) is 0. The fourth-order valence-electron chi connectivity index (χ4n) is 0.952. The summed E-state index contributed by atoms with van der Waals surface area (Å²) in [6.45, 7) is 0.133. The van der Waals surface area contributed by atoms with Gasteiger partial charge < -0.3 is 0 Å². The zero-order valence-electron chi connectivity index (χ0n) is 8.15. The summed E-state index contributed by atoms with van der Waals surface area (Å²) in [5, 5.41) is 0.490. The lowest BCUT2D eigenvalue weighted by atomic mass is 10.4. The Balaban J connectivity index is 2.78. The number of sulfonamides is 1. The van der Waals surface area contributed by atoms with E-state index in [1.807, 2.05) is 0 Å². The predicted octanol–water partition coefficient (Wildman–Crippen LogP) is 2.53. The maximum absolute atomic E-state index is 11.7. The van der Waals surface area contributed by atoms with Crippen molar-refractivity contribution >= 4 is 33.2 Å². The monoisotopic (exact) mass is 277 g/mol. The van der Waals surface area contributed by atoms with Crippen molar-refractivity contribution in [2.45, 2.75) is 4.90 Å². The summed E-state index contributed by atoms with van der Waals surface area (Å²) >= 11 is 10.9. The van der Waals surface area contributed by atoms with E-state index in [9.17, 15) is 8.42 Å². The molecule has 0 unspecified atom stereocenters. The second-order valence-electron chi connectivity index (χ2n) is 2.79. The molecule has 86 valence electrons. The number of hydrogen-bond donors (Lipinski definition) is 1. The van der Waals surface area contributed by atoms with Gasteiger partial charge in [0.15, 0.2) is 0 Å². The highest BCUT2D eigenvalue weighted by Gasteiger charge is 2.11. The van der Waals surface area contributed by atoms with Crippen LogP contribution in [-0.2, 0) is 10.0 Å². The van der Waals surface area contributed by atoms with Crippen LogP contribution < -0.4 is 4.72 Å². The molecule has 6 heteroatoms. The Hall–Kier alpha value is -0.770. The molecule has 0 radical (unpaired) electrons. The fraction of sp³-hybridized carbons (Fsp3) is 0.100. The topological polar surface area (TPSA) is 46.2 Å². The Morgan fingerprint density at radius 2 is 1.94 bits per heavy atom. The van der Waals surface area contributed by atoms with Gasteiger partial charge in [-0.2, -0.15) is 0 Å². The number of halogens is 2. The van der Waals surface area contributed by atoms with Gasteiger partial charge in [0.05, 0.1) is 4.90 Å². The van der Waals surface area contributed by atoms with Crippen LogP contribution in [0.15, 0.2) is 46.5 Å². The minimum absolute atomic E-state index is 0.133. The van der Waals surface area contributed by atoms with Gasteiger partial charge in [0.2, 0.25) is 10.0 Å². The van der Waals surface area contributed by atoms with Crippen LogP contribution >= 0.6 is 23.2 Å². The first-order valence-electron chi connectivity index (χ1n) is 4.31. The molecule has 1 N–H and O–H groups in total. The van der Waals surface area contributed by atoms with Crippen molar-refractivity contribution in [1.82, 2.24) is 4.72 Å². The standard InChI is InChI=1S/C10H9Cl2NO2S/c11-7-1-2-8-13-16(14,15)10-5-3-9(12)4-6-10/h2-7,13H,8H2. The van der Waals surface area contributed by atoms with Gasteiger partial charge in [0.1, 0.15) is 0 Å². The molecule has 16 heavy (non-hydrogen) atoms. The molecule has 0 spiro atoms. The van der Waals surface area contributed by atoms with Gasteiger partial charge in [-0.1, -0.05) is 23.2 Å². The van der Waals surface area contributed by atoms with Crippen molar-refractivity contribution in [3.05, 3.63) is 46.6 Å². The fourth-order valence-corrected chi connectivity index (χ4v) is 2.13. The third kappa shape index (κ3) is 4.00. The Labute approximate surface area is 104 Å². The third-order valence-corrected chi connectivity index (χ3v) is 3.50. The van der Waals surface area contributed by atoms with E-state index in [1.54, 1.807) is 0 Å². The van der Waals surface area contributed by atoms with E-state index in [0.717, 1.165) is 0 Å². The number of rotatable bonds is 4. The zero-order chi connectivity index (χ0) is 12.0. The third-order valence-electron chi connectivity index (χ3n) is 1.68. The molecular formula is C10H9Cl2NO2S. The van der Waals surface area contributed by atoms with Crippen LogP contribution in [-0.4, -0.2) is 15.0 Å². The first-order chi connectivity index (χ1) is 7.56. The van der Waals surface area contributed by atoms with E-state index < -0.39 is 10.0 Å². The SMILES string of the molecule is O=S(=O)(NCC=C=CCl)c1ccc(Cl)cc1. The van der Waals surface area contributed by atoms with E-state index in [0.29, 0.717) is 5.02 Å². The van der Waals surface area contributed by atoms with Gasteiger partial charge >= 0.3 is 0 Å². The molecule has 0 aliphatic carbocycles. The second-order valence-corrected chi connectivity index (χ2v) is 5.21. The van der Waals surface area contributed by atoms with E-state index in [2.05, 4.69) is 10.5 Å². The predicted molar refractivity (Wildman–Crippen MR) is 65.1 cm³/mol. The Morgan fingerprint density at radius 3 is 2.50 bits per heavy atom. The summed E-state index contributed by atoms with van der Waals surface area (Å²) in [6.07, 6.45) is 1.47. The summed E-state index contributed by atoms with van der Waals surface area (Å²) in [5.41, 5.74) is 3.73. The van der Waals surface area contributed by atoms with Gasteiger partial charge in [-0.3, -0.25) is 0 Å². The molecule has 0 saturated heterocycles. The van der Waals surface area contributed by atoms with Crippen molar-refractivity contribution in [2.75, 3.05) is 6.54 Å². The van der Waals surface area contributed by atoms with E-state index in [-0.39, 0.29) is 11.4 Å². The lowest BCUT2D eigenvalue weighted by molar-refractivity contribution is 0.585. The van der Waals surface area contributed by atoms with Crippen molar-refractivity contribution in [3.8, 4) is 0 Å². The van der Waals surface area contributed by atoms with Crippen LogP contribution in [0.2, 0.25) is 5.02 Å². The maximum Gasteiger partial charge on any atom is 0.240 e. The zero-order valence-corrected chi connectivity index (χ0v) is 10.5. The number of nitrogens with one attached hydrogen (secondary N) is 1. The molecule has 3 nitrogen and oxygen atoms in total. The van der Waals surface area contributed by atoms with E-state index in [1.165, 1.54) is 35.9 Å². The average molecular weight is 278 g/mol. The lowest BCUT2D eigenvalue weighted by Crippen LogP contribution is -2.23. The van der Waals surface area contributed by atoms with Crippen molar-refractivity contribution in [3.63, 3.8) is 0 Å². The molecule has 0 amide bonds. The molecule has 0 heterocycles. The Kier molecular flexibility index (Phi) is 5.06. The van der Waals surface area contributed by atoms with Crippen molar-refractivity contribution in [1.29, 1.82) is 0 Å². The summed E-state index contributed by atoms with van der Waals surface area (Å²) in [6, 6.07) is 5.91. The van der Waals surface area contributed by atoms with Gasteiger partial charge in [-0.15, -0.1) is 5.73 Å². The van der Waals surface area contributed by atoms with E-state index in [4.69, 9.17) is 23.2 Å². The van der Waals surface area contributed by atoms with Crippen LogP contribution in [0.4, 0.5) is 0 Å². The molecule has 0 aromatic heterocycles. The van der Waals surface area contributed by atoms with Gasteiger partial charge in [-0.05, 0) is 30.3 Å². The van der Waals surface area contributed by atoms with Crippen LogP contribution in [0.3, 0.4) is 0 Å². The molecule has 0 bridgehead atoms. The quantitative estimate of drug-likeness (QED) is 0.860. The molecule has 1 aromatic rings. The van der Waals surface area contributed by atoms with Gasteiger partial charge in [0, 0.05) is 17.1 Å².